The third-order valence-corrected chi connectivity index (χ3v) is 5.66. The van der Waals surface area contributed by atoms with Gasteiger partial charge in [0.15, 0.2) is 0 Å². The minimum Gasteiger partial charge on any atom is -0.497 e. The van der Waals surface area contributed by atoms with Crippen LogP contribution >= 0.6 is 11.3 Å². The molecule has 3 aromatic rings. The minimum absolute atomic E-state index is 0.846. The lowest BCUT2D eigenvalue weighted by Gasteiger charge is -2.25. The van der Waals surface area contributed by atoms with Gasteiger partial charge < -0.3 is 9.64 Å². The summed E-state index contributed by atoms with van der Waals surface area (Å²) >= 11 is 1.70. The quantitative estimate of drug-likeness (QED) is 0.449. The molecule has 0 saturated heterocycles. The lowest BCUT2D eigenvalue weighted by Crippen LogP contribution is -2.27. The monoisotopic (exact) mass is 383 g/mol. The Hall–Kier alpha value is -2.14. The molecule has 0 amide bonds. The van der Waals surface area contributed by atoms with E-state index in [0.717, 1.165) is 35.3 Å². The first-order valence-corrected chi connectivity index (χ1v) is 10.7. The maximum atomic E-state index is 5.31. The van der Waals surface area contributed by atoms with Crippen molar-refractivity contribution < 1.29 is 4.74 Å². The molecule has 1 aromatic carbocycles. The number of methoxy groups -OCH3 is 1. The van der Waals surface area contributed by atoms with Gasteiger partial charge in [0.1, 0.15) is 22.2 Å². The van der Waals surface area contributed by atoms with Gasteiger partial charge in [0.2, 0.25) is 0 Å². The van der Waals surface area contributed by atoms with Gasteiger partial charge in [-0.3, -0.25) is 0 Å². The molecule has 2 aromatic heterocycles. The van der Waals surface area contributed by atoms with Gasteiger partial charge in [-0.2, -0.15) is 0 Å². The summed E-state index contributed by atoms with van der Waals surface area (Å²) in [5, 5.41) is 3.39. The van der Waals surface area contributed by atoms with Crippen LogP contribution in [0.2, 0.25) is 0 Å². The molecule has 0 aliphatic carbocycles. The summed E-state index contributed by atoms with van der Waals surface area (Å²) in [5.74, 6) is 2.81. The summed E-state index contributed by atoms with van der Waals surface area (Å²) in [4.78, 5) is 13.1. The molecule has 2 heterocycles. The number of hydrogen-bond donors (Lipinski definition) is 0. The van der Waals surface area contributed by atoms with Gasteiger partial charge in [-0.15, -0.1) is 11.3 Å². The summed E-state index contributed by atoms with van der Waals surface area (Å²) in [6.45, 7) is 8.56. The van der Waals surface area contributed by atoms with Gasteiger partial charge in [0.25, 0.3) is 0 Å². The predicted octanol–water partition coefficient (Wildman–Crippen LogP) is 6.08. The Morgan fingerprint density at radius 3 is 2.26 bits per heavy atom. The molecule has 0 aliphatic heterocycles. The zero-order valence-corrected chi connectivity index (χ0v) is 17.6. The highest BCUT2D eigenvalue weighted by atomic mass is 32.1. The third-order valence-electron chi connectivity index (χ3n) is 4.79. The van der Waals surface area contributed by atoms with E-state index in [0.29, 0.717) is 0 Å². The largest absolute Gasteiger partial charge is 0.497 e. The van der Waals surface area contributed by atoms with Crippen molar-refractivity contribution in [3.63, 3.8) is 0 Å². The number of benzene rings is 1. The first-order chi connectivity index (χ1) is 13.2. The second-order valence-electron chi connectivity index (χ2n) is 6.85. The number of anilines is 1. The number of ether oxygens (including phenoxy) is 1. The van der Waals surface area contributed by atoms with Gasteiger partial charge in [0, 0.05) is 24.0 Å². The third kappa shape index (κ3) is 4.41. The molecule has 0 bridgehead atoms. The molecule has 0 aliphatic rings. The Bertz CT molecular complexity index is 865. The van der Waals surface area contributed by atoms with E-state index in [1.165, 1.54) is 42.2 Å². The number of rotatable bonds is 9. The second-order valence-corrected chi connectivity index (χ2v) is 7.70. The van der Waals surface area contributed by atoms with Crippen molar-refractivity contribution in [1.29, 1.82) is 0 Å². The molecular weight excluding hydrogens is 354 g/mol. The summed E-state index contributed by atoms with van der Waals surface area (Å²) < 4.78 is 5.31. The van der Waals surface area contributed by atoms with E-state index in [1.807, 2.05) is 19.1 Å². The maximum absolute atomic E-state index is 5.31. The molecule has 144 valence electrons. The predicted molar refractivity (Wildman–Crippen MR) is 116 cm³/mol. The molecule has 0 saturated carbocycles. The molecule has 0 spiro atoms. The molecule has 0 unspecified atom stereocenters. The average Bonchev–Trinajstić information content (AvgIpc) is 3.11. The zero-order valence-electron chi connectivity index (χ0n) is 16.8. The Labute approximate surface area is 166 Å². The standard InChI is InChI=1S/C22H29N3OS/c1-5-7-13-25(14-8-6-2)21-20-19(15-27-22(20)24-16(3)23-21)17-9-11-18(26-4)12-10-17/h9-12,15H,5-8,13-14H2,1-4H3. The zero-order chi connectivity index (χ0) is 19.2. The van der Waals surface area contributed by atoms with Crippen LogP contribution in [0.15, 0.2) is 29.6 Å². The Balaban J connectivity index is 2.10. The highest BCUT2D eigenvalue weighted by molar-refractivity contribution is 7.17. The average molecular weight is 384 g/mol. The molecule has 0 radical (unpaired) electrons. The van der Waals surface area contributed by atoms with Crippen molar-refractivity contribution >= 4 is 27.4 Å². The molecular formula is C22H29N3OS. The van der Waals surface area contributed by atoms with Crippen LogP contribution in [0.3, 0.4) is 0 Å². The van der Waals surface area contributed by atoms with Gasteiger partial charge in [-0.1, -0.05) is 38.8 Å². The molecule has 27 heavy (non-hydrogen) atoms. The van der Waals surface area contributed by atoms with E-state index in [2.05, 4.69) is 36.3 Å². The lowest BCUT2D eigenvalue weighted by atomic mass is 10.1. The van der Waals surface area contributed by atoms with Crippen molar-refractivity contribution in [2.24, 2.45) is 0 Å². The Kier molecular flexibility index (Phi) is 6.67. The number of aromatic nitrogens is 2. The van der Waals surface area contributed by atoms with Gasteiger partial charge in [-0.05, 0) is 37.5 Å². The second kappa shape index (κ2) is 9.18. The van der Waals surface area contributed by atoms with Crippen molar-refractivity contribution in [2.75, 3.05) is 25.1 Å². The van der Waals surface area contributed by atoms with Gasteiger partial charge in [-0.25, -0.2) is 9.97 Å². The number of nitrogens with zero attached hydrogens (tertiary/aromatic N) is 3. The van der Waals surface area contributed by atoms with Crippen LogP contribution in [-0.2, 0) is 0 Å². The Morgan fingerprint density at radius 1 is 1.00 bits per heavy atom. The molecule has 5 heteroatoms. The minimum atomic E-state index is 0.846. The van der Waals surface area contributed by atoms with Gasteiger partial charge >= 0.3 is 0 Å². The van der Waals surface area contributed by atoms with E-state index in [1.54, 1.807) is 18.4 Å². The summed E-state index contributed by atoms with van der Waals surface area (Å²) in [5.41, 5.74) is 2.40. The fourth-order valence-corrected chi connectivity index (χ4v) is 4.25. The van der Waals surface area contributed by atoms with Crippen LogP contribution in [0.5, 0.6) is 5.75 Å². The fourth-order valence-electron chi connectivity index (χ4n) is 3.26. The van der Waals surface area contributed by atoms with E-state index < -0.39 is 0 Å². The van der Waals surface area contributed by atoms with E-state index in [4.69, 9.17) is 14.7 Å². The number of fused-ring (bicyclic) bond motifs is 1. The summed E-state index contributed by atoms with van der Waals surface area (Å²) in [7, 11) is 1.70. The van der Waals surface area contributed by atoms with Crippen LogP contribution in [0, 0.1) is 6.92 Å². The van der Waals surface area contributed by atoms with Crippen LogP contribution in [0.1, 0.15) is 45.4 Å². The van der Waals surface area contributed by atoms with Crippen LogP contribution in [0.25, 0.3) is 21.3 Å². The number of aryl methyl sites for hydroxylation is 1. The van der Waals surface area contributed by atoms with E-state index in [-0.39, 0.29) is 0 Å². The molecule has 0 N–H and O–H groups in total. The number of thiophene rings is 1. The smallest absolute Gasteiger partial charge is 0.141 e. The molecule has 3 rings (SSSR count). The van der Waals surface area contributed by atoms with Crippen molar-refractivity contribution in [3.05, 3.63) is 35.5 Å². The fraction of sp³-hybridized carbons (Fsp3) is 0.455. The van der Waals surface area contributed by atoms with Crippen molar-refractivity contribution in [1.82, 2.24) is 9.97 Å². The SMILES string of the molecule is CCCCN(CCCC)c1nc(C)nc2scc(-c3ccc(OC)cc3)c12. The molecule has 0 atom stereocenters. The number of hydrogen-bond acceptors (Lipinski definition) is 5. The Morgan fingerprint density at radius 2 is 1.67 bits per heavy atom. The van der Waals surface area contributed by atoms with Crippen LogP contribution in [0.4, 0.5) is 5.82 Å². The highest BCUT2D eigenvalue weighted by Crippen LogP contribution is 2.39. The van der Waals surface area contributed by atoms with E-state index in [9.17, 15) is 0 Å². The molecule has 4 nitrogen and oxygen atoms in total. The first-order valence-electron chi connectivity index (χ1n) is 9.83. The highest BCUT2D eigenvalue weighted by Gasteiger charge is 2.18. The maximum Gasteiger partial charge on any atom is 0.141 e. The topological polar surface area (TPSA) is 38.2 Å². The van der Waals surface area contributed by atoms with Crippen LogP contribution in [-0.4, -0.2) is 30.2 Å². The number of unbranched alkanes of at least 4 members (excludes halogenated alkanes) is 2. The van der Waals surface area contributed by atoms with Crippen LogP contribution < -0.4 is 9.64 Å². The summed E-state index contributed by atoms with van der Waals surface area (Å²) in [6, 6.07) is 8.26. The van der Waals surface area contributed by atoms with Gasteiger partial charge in [0.05, 0.1) is 12.5 Å². The van der Waals surface area contributed by atoms with Crippen molar-refractivity contribution in [3.8, 4) is 16.9 Å². The lowest BCUT2D eigenvalue weighted by molar-refractivity contribution is 0.415. The first kappa shape index (κ1) is 19.6. The van der Waals surface area contributed by atoms with Crippen molar-refractivity contribution in [2.45, 2.75) is 46.5 Å². The summed E-state index contributed by atoms with van der Waals surface area (Å²) in [6.07, 6.45) is 4.72. The molecule has 0 fully saturated rings. The normalized spacial score (nSPS) is 11.1. The van der Waals surface area contributed by atoms with E-state index >= 15 is 0 Å².